The number of rotatable bonds is 8. The van der Waals surface area contributed by atoms with Crippen molar-refractivity contribution in [3.05, 3.63) is 64.3 Å². The van der Waals surface area contributed by atoms with Gasteiger partial charge in [0, 0.05) is 5.56 Å². The topological polar surface area (TPSA) is 98.2 Å². The number of nitrogens with zero attached hydrogens (tertiary/aromatic N) is 1. The zero-order valence-corrected chi connectivity index (χ0v) is 19.9. The molecule has 2 aromatic rings. The highest BCUT2D eigenvalue weighted by atomic mass is 19.4. The summed E-state index contributed by atoms with van der Waals surface area (Å²) in [5.74, 6) is -0.152. The molecule has 1 aliphatic heterocycles. The third kappa shape index (κ3) is 7.17. The van der Waals surface area contributed by atoms with E-state index in [0.717, 1.165) is 0 Å². The van der Waals surface area contributed by atoms with Crippen molar-refractivity contribution in [3.63, 3.8) is 0 Å². The summed E-state index contributed by atoms with van der Waals surface area (Å²) in [7, 11) is 2.52. The van der Waals surface area contributed by atoms with E-state index in [0.29, 0.717) is 17.7 Å². The number of aliphatic imine (C=N–C) groups is 1. The van der Waals surface area contributed by atoms with Crippen molar-refractivity contribution in [1.29, 1.82) is 0 Å². The number of benzene rings is 2. The van der Waals surface area contributed by atoms with Gasteiger partial charge in [0.25, 0.3) is 0 Å². The molecule has 2 N–H and O–H groups in total. The summed E-state index contributed by atoms with van der Waals surface area (Å²) in [6.45, 7) is -0.623. The van der Waals surface area contributed by atoms with Gasteiger partial charge in [0.1, 0.15) is 6.61 Å². The molecule has 8 nitrogen and oxygen atoms in total. The van der Waals surface area contributed by atoms with Gasteiger partial charge in [-0.1, -0.05) is 12.1 Å². The summed E-state index contributed by atoms with van der Waals surface area (Å²) in [5, 5.41) is 5.03. The maximum atomic E-state index is 13.4. The number of nitrogens with one attached hydrogen (secondary N) is 2. The summed E-state index contributed by atoms with van der Waals surface area (Å²) >= 11 is 0. The zero-order chi connectivity index (χ0) is 28.1. The van der Waals surface area contributed by atoms with Crippen LogP contribution in [0.2, 0.25) is 0 Å². The van der Waals surface area contributed by atoms with Gasteiger partial charge < -0.3 is 19.5 Å². The van der Waals surface area contributed by atoms with Crippen LogP contribution in [0.1, 0.15) is 28.7 Å². The smallest absolute Gasteiger partial charge is 0.416 e. The predicted octanol–water partition coefficient (Wildman–Crippen LogP) is 4.93. The zero-order valence-electron chi connectivity index (χ0n) is 19.9. The fourth-order valence-corrected chi connectivity index (χ4v) is 3.34. The van der Waals surface area contributed by atoms with Gasteiger partial charge in [-0.25, -0.2) is 4.79 Å². The molecule has 0 aliphatic carbocycles. The van der Waals surface area contributed by atoms with E-state index in [1.165, 1.54) is 38.5 Å². The minimum Gasteiger partial charge on any atom is -0.493 e. The molecule has 2 amide bonds. The summed E-state index contributed by atoms with van der Waals surface area (Å²) in [4.78, 5) is 27.2. The molecule has 38 heavy (non-hydrogen) atoms. The highest BCUT2D eigenvalue weighted by molar-refractivity contribution is 6.16. The van der Waals surface area contributed by atoms with E-state index in [2.05, 4.69) is 20.4 Å². The molecular weight excluding hydrogens is 524 g/mol. The van der Waals surface area contributed by atoms with Crippen LogP contribution in [0.5, 0.6) is 11.5 Å². The Balaban J connectivity index is 1.81. The first-order valence-corrected chi connectivity index (χ1v) is 10.8. The van der Waals surface area contributed by atoms with E-state index in [9.17, 15) is 35.9 Å². The second-order valence-corrected chi connectivity index (χ2v) is 7.76. The lowest BCUT2D eigenvalue weighted by Gasteiger charge is -2.17. The molecule has 0 saturated carbocycles. The number of amidine groups is 1. The fraction of sp³-hybridized carbons (Fsp3) is 0.292. The van der Waals surface area contributed by atoms with Crippen LogP contribution in [0.15, 0.2) is 47.1 Å². The Labute approximate surface area is 212 Å². The summed E-state index contributed by atoms with van der Waals surface area (Å²) in [6.07, 6.45) is -8.44. The van der Waals surface area contributed by atoms with Crippen LogP contribution in [0.3, 0.4) is 0 Å². The minimum absolute atomic E-state index is 0.00199. The van der Waals surface area contributed by atoms with Crippen molar-refractivity contribution in [2.24, 2.45) is 4.99 Å². The largest absolute Gasteiger partial charge is 0.493 e. The Morgan fingerprint density at radius 1 is 0.974 bits per heavy atom. The van der Waals surface area contributed by atoms with Crippen LogP contribution in [0.4, 0.5) is 31.1 Å². The third-order valence-electron chi connectivity index (χ3n) is 5.17. The van der Waals surface area contributed by atoms with Crippen LogP contribution < -0.4 is 20.1 Å². The lowest BCUT2D eigenvalue weighted by molar-refractivity contribution is -0.144. The number of amides is 2. The summed E-state index contributed by atoms with van der Waals surface area (Å²) in [6, 6.07) is 5.13. The van der Waals surface area contributed by atoms with Crippen LogP contribution in [-0.2, 0) is 28.5 Å². The van der Waals surface area contributed by atoms with E-state index in [4.69, 9.17) is 9.47 Å². The number of hydrogen-bond acceptors (Lipinski definition) is 6. The average Bonchev–Trinajstić information content (AvgIpc) is 3.20. The first-order chi connectivity index (χ1) is 17.8. The number of methoxy groups -OCH3 is 2. The van der Waals surface area contributed by atoms with Gasteiger partial charge >= 0.3 is 24.4 Å². The van der Waals surface area contributed by atoms with Gasteiger partial charge in [-0.2, -0.15) is 26.3 Å². The molecular formula is C24H21F6N3O5. The van der Waals surface area contributed by atoms with E-state index in [-0.39, 0.29) is 42.1 Å². The number of urea groups is 1. The molecule has 0 aromatic heterocycles. The molecule has 0 bridgehead atoms. The highest BCUT2D eigenvalue weighted by Gasteiger charge is 2.38. The highest BCUT2D eigenvalue weighted by Crippen LogP contribution is 2.38. The quantitative estimate of drug-likeness (QED) is 0.362. The van der Waals surface area contributed by atoms with Crippen LogP contribution >= 0.6 is 0 Å². The SMILES string of the molecule is COC(=O)CCN=C1NC(=O)N/C1=C\c1ccc(OCc2ccc(C(F)(F)F)cc2C(F)(F)F)c(OC)c1. The van der Waals surface area contributed by atoms with Crippen molar-refractivity contribution < 1.29 is 50.1 Å². The summed E-state index contributed by atoms with van der Waals surface area (Å²) in [5.41, 5.74) is -2.61. The number of esters is 1. The maximum absolute atomic E-state index is 13.4. The van der Waals surface area contributed by atoms with Gasteiger partial charge in [0.15, 0.2) is 17.3 Å². The number of carbonyl (C=O) groups excluding carboxylic acids is 2. The molecule has 1 fully saturated rings. The van der Waals surface area contributed by atoms with Crippen molar-refractivity contribution in [2.75, 3.05) is 20.8 Å². The number of halogens is 6. The number of ether oxygens (including phenoxy) is 3. The maximum Gasteiger partial charge on any atom is 0.416 e. The molecule has 0 radical (unpaired) electrons. The van der Waals surface area contributed by atoms with Crippen molar-refractivity contribution in [3.8, 4) is 11.5 Å². The van der Waals surface area contributed by atoms with Crippen LogP contribution in [0.25, 0.3) is 6.08 Å². The molecule has 0 unspecified atom stereocenters. The predicted molar refractivity (Wildman–Crippen MR) is 122 cm³/mol. The Kier molecular flexibility index (Phi) is 8.53. The Morgan fingerprint density at radius 2 is 1.71 bits per heavy atom. The third-order valence-corrected chi connectivity index (χ3v) is 5.17. The van der Waals surface area contributed by atoms with Gasteiger partial charge in [-0.3, -0.25) is 15.1 Å². The van der Waals surface area contributed by atoms with E-state index in [1.54, 1.807) is 0 Å². The molecule has 1 aliphatic rings. The number of hydrogen-bond donors (Lipinski definition) is 2. The molecule has 3 rings (SSSR count). The molecule has 1 saturated heterocycles. The molecule has 204 valence electrons. The van der Waals surface area contributed by atoms with Gasteiger partial charge in [0.2, 0.25) is 0 Å². The number of carbonyl (C=O) groups is 2. The normalized spacial score (nSPS) is 15.8. The Bertz CT molecular complexity index is 1270. The number of alkyl halides is 6. The summed E-state index contributed by atoms with van der Waals surface area (Å²) < 4.78 is 94.1. The standard InChI is InChI=1S/C24H21F6N3O5/c1-36-19-10-13(9-17-21(33-22(35)32-17)31-8-7-20(34)37-2)3-6-18(19)38-12-14-4-5-15(23(25,26)27)11-16(14)24(28,29)30/h3-6,9-11H,7-8,12H2,1-2H3,(H2,31,32,33,35)/b17-9-. The Hall–Kier alpha value is -4.23. The van der Waals surface area contributed by atoms with Crippen LogP contribution in [-0.4, -0.2) is 38.6 Å². The lowest BCUT2D eigenvalue weighted by Crippen LogP contribution is -2.22. The first kappa shape index (κ1) is 28.3. The van der Waals surface area contributed by atoms with Crippen molar-refractivity contribution >= 4 is 23.9 Å². The van der Waals surface area contributed by atoms with E-state index < -0.39 is 47.7 Å². The lowest BCUT2D eigenvalue weighted by atomic mass is 10.0. The molecule has 2 aromatic carbocycles. The average molecular weight is 545 g/mol. The minimum atomic E-state index is -5.03. The Morgan fingerprint density at radius 3 is 2.34 bits per heavy atom. The van der Waals surface area contributed by atoms with E-state index >= 15 is 0 Å². The molecule has 1 heterocycles. The van der Waals surface area contributed by atoms with Crippen molar-refractivity contribution in [1.82, 2.24) is 10.6 Å². The second kappa shape index (κ2) is 11.4. The molecule has 0 spiro atoms. The first-order valence-electron chi connectivity index (χ1n) is 10.8. The van der Waals surface area contributed by atoms with Gasteiger partial charge in [0.05, 0.1) is 44.0 Å². The molecule has 0 atom stereocenters. The molecule has 14 heteroatoms. The van der Waals surface area contributed by atoms with Gasteiger partial charge in [-0.15, -0.1) is 0 Å². The van der Waals surface area contributed by atoms with Crippen molar-refractivity contribution in [2.45, 2.75) is 25.4 Å². The van der Waals surface area contributed by atoms with Gasteiger partial charge in [-0.05, 0) is 35.9 Å². The second-order valence-electron chi connectivity index (χ2n) is 7.76. The van der Waals surface area contributed by atoms with E-state index in [1.807, 2.05) is 0 Å². The fourth-order valence-electron chi connectivity index (χ4n) is 3.34. The monoisotopic (exact) mass is 545 g/mol. The van der Waals surface area contributed by atoms with Crippen LogP contribution in [0, 0.1) is 0 Å².